The number of hydrogen-bond donors (Lipinski definition) is 0. The minimum Gasteiger partial charge on any atom is -0.342 e. The molecule has 0 unspecified atom stereocenters. The molecule has 0 aliphatic rings. The van der Waals surface area contributed by atoms with Gasteiger partial charge >= 0.3 is 0 Å². The van der Waals surface area contributed by atoms with Gasteiger partial charge in [0.25, 0.3) is 0 Å². The Morgan fingerprint density at radius 1 is 0.793 bits per heavy atom. The molecule has 5 rings (SSSR count). The molecule has 0 N–H and O–H groups in total. The first-order chi connectivity index (χ1) is 14.3. The van der Waals surface area contributed by atoms with Crippen molar-refractivity contribution in [2.24, 2.45) is 0 Å². The van der Waals surface area contributed by atoms with Crippen LogP contribution in [0.25, 0.3) is 22.3 Å². The molecule has 0 radical (unpaired) electrons. The molecule has 0 saturated heterocycles. The minimum absolute atomic E-state index is 0.524. The summed E-state index contributed by atoms with van der Waals surface area (Å²) in [6.45, 7) is 1.31. The fourth-order valence-corrected chi connectivity index (χ4v) is 3.77. The maximum atomic E-state index is 6.08. The van der Waals surface area contributed by atoms with Gasteiger partial charge in [-0.15, -0.1) is 10.2 Å². The predicted octanol–water partition coefficient (Wildman–Crippen LogP) is 5.04. The van der Waals surface area contributed by atoms with Crippen LogP contribution in [0.4, 0.5) is 0 Å². The summed E-state index contributed by atoms with van der Waals surface area (Å²) in [4.78, 5) is 1.60. The third-order valence-corrected chi connectivity index (χ3v) is 5.13. The van der Waals surface area contributed by atoms with Gasteiger partial charge in [0.1, 0.15) is 0 Å². The van der Waals surface area contributed by atoms with Crippen molar-refractivity contribution in [2.45, 2.75) is 13.1 Å². The second-order valence-electron chi connectivity index (χ2n) is 6.95. The van der Waals surface area contributed by atoms with Crippen LogP contribution in [0.3, 0.4) is 0 Å². The van der Waals surface area contributed by atoms with Crippen LogP contribution >= 0.6 is 11.6 Å². The zero-order chi connectivity index (χ0) is 19.6. The molecule has 29 heavy (non-hydrogen) atoms. The van der Waals surface area contributed by atoms with Crippen molar-refractivity contribution in [3.63, 3.8) is 0 Å². The number of benzene rings is 3. The fourth-order valence-electron chi connectivity index (χ4n) is 3.55. The van der Waals surface area contributed by atoms with Crippen molar-refractivity contribution < 1.29 is 0 Å². The summed E-state index contributed by atoms with van der Waals surface area (Å²) in [6, 6.07) is 26.4. The van der Waals surface area contributed by atoms with E-state index in [-0.39, 0.29) is 0 Å². The van der Waals surface area contributed by atoms with E-state index in [0.717, 1.165) is 28.6 Å². The number of halogens is 1. The van der Waals surface area contributed by atoms with Gasteiger partial charge in [-0.05, 0) is 34.5 Å². The summed E-state index contributed by atoms with van der Waals surface area (Å²) >= 11 is 6.08. The molecule has 0 bridgehead atoms. The van der Waals surface area contributed by atoms with Crippen LogP contribution in [0.15, 0.2) is 85.1 Å². The quantitative estimate of drug-likeness (QED) is 0.415. The third-order valence-electron chi connectivity index (χ3n) is 4.89. The van der Waals surface area contributed by atoms with Crippen molar-refractivity contribution in [1.29, 1.82) is 0 Å². The van der Waals surface area contributed by atoms with E-state index in [0.29, 0.717) is 17.4 Å². The number of aromatic nitrogens is 5. The average Bonchev–Trinajstić information content (AvgIpc) is 3.34. The zero-order valence-corrected chi connectivity index (χ0v) is 16.4. The topological polar surface area (TPSA) is 48.5 Å². The Labute approximate surface area is 173 Å². The minimum atomic E-state index is 0.524. The molecule has 0 fully saturated rings. The first kappa shape index (κ1) is 17.6. The number of rotatable bonds is 5. The summed E-state index contributed by atoms with van der Waals surface area (Å²) in [6.07, 6.45) is 2.11. The molecule has 6 heteroatoms. The normalized spacial score (nSPS) is 11.2. The van der Waals surface area contributed by atoms with Gasteiger partial charge in [0.15, 0.2) is 0 Å². The molecule has 5 aromatic rings. The highest BCUT2D eigenvalue weighted by Gasteiger charge is 2.15. The van der Waals surface area contributed by atoms with E-state index < -0.39 is 0 Å². The second kappa shape index (κ2) is 7.53. The summed E-state index contributed by atoms with van der Waals surface area (Å²) in [7, 11) is 0. The van der Waals surface area contributed by atoms with Crippen molar-refractivity contribution in [1.82, 2.24) is 24.8 Å². The highest BCUT2D eigenvalue weighted by atomic mass is 35.5. The molecule has 0 aliphatic heterocycles. The van der Waals surface area contributed by atoms with E-state index in [1.165, 1.54) is 5.56 Å². The van der Waals surface area contributed by atoms with Crippen LogP contribution < -0.4 is 0 Å². The molecular weight excluding hydrogens is 382 g/mol. The van der Waals surface area contributed by atoms with E-state index in [1.807, 2.05) is 36.4 Å². The van der Waals surface area contributed by atoms with Gasteiger partial charge < -0.3 is 4.57 Å². The maximum Gasteiger partial charge on any atom is 0.207 e. The number of tetrazole rings is 1. The molecule has 142 valence electrons. The standard InChI is InChI=1S/C23H18ClN5/c24-19-10-6-9-18(13-19)15-29-26-23(25-27-29)21-16-28(14-17-7-2-1-3-8-17)22-12-5-4-11-20(21)22/h1-13,16H,14-15H2. The van der Waals surface area contributed by atoms with Crippen molar-refractivity contribution in [3.8, 4) is 11.4 Å². The van der Waals surface area contributed by atoms with Gasteiger partial charge in [-0.1, -0.05) is 72.3 Å². The Bertz CT molecular complexity index is 1270. The van der Waals surface area contributed by atoms with Gasteiger partial charge in [0.2, 0.25) is 5.82 Å². The molecule has 5 nitrogen and oxygen atoms in total. The highest BCUT2D eigenvalue weighted by Crippen LogP contribution is 2.28. The SMILES string of the molecule is Clc1cccc(Cn2nnc(-c3cn(Cc4ccccc4)c4ccccc34)n2)c1. The molecule has 0 amide bonds. The van der Waals surface area contributed by atoms with Crippen LogP contribution in [-0.2, 0) is 13.1 Å². The first-order valence-corrected chi connectivity index (χ1v) is 9.78. The Morgan fingerprint density at radius 2 is 1.59 bits per heavy atom. The Morgan fingerprint density at radius 3 is 2.45 bits per heavy atom. The Balaban J connectivity index is 1.50. The Kier molecular flexibility index (Phi) is 4.58. The lowest BCUT2D eigenvalue weighted by Gasteiger charge is -2.05. The van der Waals surface area contributed by atoms with Crippen LogP contribution in [0, 0.1) is 0 Å². The number of hydrogen-bond acceptors (Lipinski definition) is 3. The highest BCUT2D eigenvalue weighted by molar-refractivity contribution is 6.30. The second-order valence-corrected chi connectivity index (χ2v) is 7.38. The van der Waals surface area contributed by atoms with E-state index in [9.17, 15) is 0 Å². The summed E-state index contributed by atoms with van der Waals surface area (Å²) in [5, 5.41) is 15.0. The van der Waals surface area contributed by atoms with E-state index in [2.05, 4.69) is 68.6 Å². The number of nitrogens with zero attached hydrogens (tertiary/aromatic N) is 5. The summed E-state index contributed by atoms with van der Waals surface area (Å²) in [5.41, 5.74) is 4.41. The summed E-state index contributed by atoms with van der Waals surface area (Å²) < 4.78 is 2.23. The van der Waals surface area contributed by atoms with Crippen LogP contribution in [0.2, 0.25) is 5.02 Å². The maximum absolute atomic E-state index is 6.08. The van der Waals surface area contributed by atoms with Crippen LogP contribution in [0.5, 0.6) is 0 Å². The molecular formula is C23H18ClN5. The van der Waals surface area contributed by atoms with Gasteiger partial charge in [0.05, 0.1) is 6.54 Å². The third kappa shape index (κ3) is 3.65. The summed E-state index contributed by atoms with van der Waals surface area (Å²) in [5.74, 6) is 0.620. The van der Waals surface area contributed by atoms with Crippen molar-refractivity contribution >= 4 is 22.5 Å². The fraction of sp³-hybridized carbons (Fsp3) is 0.0870. The van der Waals surface area contributed by atoms with Gasteiger partial charge in [-0.2, -0.15) is 4.80 Å². The van der Waals surface area contributed by atoms with Crippen LogP contribution in [-0.4, -0.2) is 24.8 Å². The van der Waals surface area contributed by atoms with Gasteiger partial charge in [0, 0.05) is 34.2 Å². The largest absolute Gasteiger partial charge is 0.342 e. The smallest absolute Gasteiger partial charge is 0.207 e. The van der Waals surface area contributed by atoms with Gasteiger partial charge in [-0.25, -0.2) is 0 Å². The first-order valence-electron chi connectivity index (χ1n) is 9.41. The lowest BCUT2D eigenvalue weighted by atomic mass is 10.2. The van der Waals surface area contributed by atoms with Crippen LogP contribution in [0.1, 0.15) is 11.1 Å². The number of para-hydroxylation sites is 1. The van der Waals surface area contributed by atoms with Crippen molar-refractivity contribution in [2.75, 3.05) is 0 Å². The lowest BCUT2D eigenvalue weighted by molar-refractivity contribution is 0.573. The number of fused-ring (bicyclic) bond motifs is 1. The monoisotopic (exact) mass is 399 g/mol. The molecule has 0 spiro atoms. The molecule has 3 aromatic carbocycles. The molecule has 0 saturated carbocycles. The molecule has 0 aliphatic carbocycles. The zero-order valence-electron chi connectivity index (χ0n) is 15.6. The molecule has 2 aromatic heterocycles. The van der Waals surface area contributed by atoms with Crippen molar-refractivity contribution in [3.05, 3.63) is 101 Å². The molecule has 0 atom stereocenters. The van der Waals surface area contributed by atoms with E-state index in [4.69, 9.17) is 11.6 Å². The molecule has 2 heterocycles. The van der Waals surface area contributed by atoms with E-state index in [1.54, 1.807) is 4.80 Å². The van der Waals surface area contributed by atoms with E-state index >= 15 is 0 Å². The Hall–Kier alpha value is -3.44. The average molecular weight is 400 g/mol. The van der Waals surface area contributed by atoms with Gasteiger partial charge in [-0.3, -0.25) is 0 Å². The lowest BCUT2D eigenvalue weighted by Crippen LogP contribution is -2.03. The predicted molar refractivity (Wildman–Crippen MR) is 115 cm³/mol.